The first-order chi connectivity index (χ1) is 17.1. The van der Waals surface area contributed by atoms with E-state index in [-0.39, 0.29) is 24.3 Å². The van der Waals surface area contributed by atoms with Crippen molar-refractivity contribution in [2.45, 2.75) is 56.9 Å². The van der Waals surface area contributed by atoms with Crippen LogP contribution in [0.25, 0.3) is 0 Å². The fourth-order valence-corrected chi connectivity index (χ4v) is 5.10. The SMILES string of the molecule is Cn1cncc1CN1CC(NC(=O)C2CC(CC(=O)CC(F)(F)F)CCN2)Cc2cc(C#N)ccc21. The lowest BCUT2D eigenvalue weighted by Gasteiger charge is -2.38. The topological polar surface area (TPSA) is 103 Å². The Morgan fingerprint density at radius 3 is 2.83 bits per heavy atom. The summed E-state index contributed by atoms with van der Waals surface area (Å²) in [6.07, 6.45) is -1.16. The van der Waals surface area contributed by atoms with Gasteiger partial charge in [0, 0.05) is 31.9 Å². The number of fused-ring (bicyclic) bond motifs is 1. The Hall–Kier alpha value is -3.39. The molecule has 0 spiro atoms. The second-order valence-electron chi connectivity index (χ2n) is 9.67. The number of Topliss-reactive ketones (excluding diaryl/α,β-unsaturated/α-hetero) is 1. The van der Waals surface area contributed by atoms with Crippen LogP contribution in [0.1, 0.15) is 42.5 Å². The van der Waals surface area contributed by atoms with Gasteiger partial charge in [-0.2, -0.15) is 18.4 Å². The zero-order valence-electron chi connectivity index (χ0n) is 20.0. The lowest BCUT2D eigenvalue weighted by molar-refractivity contribution is -0.153. The summed E-state index contributed by atoms with van der Waals surface area (Å²) < 4.78 is 39.5. The highest BCUT2D eigenvalue weighted by molar-refractivity contribution is 5.83. The molecule has 1 aromatic carbocycles. The molecular weight excluding hydrogens is 473 g/mol. The van der Waals surface area contributed by atoms with Gasteiger partial charge in [0.1, 0.15) is 12.2 Å². The summed E-state index contributed by atoms with van der Waals surface area (Å²) in [5, 5.41) is 15.6. The number of alkyl halides is 3. The Balaban J connectivity index is 1.42. The van der Waals surface area contributed by atoms with Gasteiger partial charge in [-0.15, -0.1) is 0 Å². The molecule has 0 aliphatic carbocycles. The second-order valence-corrected chi connectivity index (χ2v) is 9.67. The van der Waals surface area contributed by atoms with Crippen molar-refractivity contribution in [2.24, 2.45) is 13.0 Å². The lowest BCUT2D eigenvalue weighted by atomic mass is 9.87. The van der Waals surface area contributed by atoms with E-state index in [1.165, 1.54) is 0 Å². The van der Waals surface area contributed by atoms with Crippen LogP contribution in [0, 0.1) is 17.2 Å². The summed E-state index contributed by atoms with van der Waals surface area (Å²) in [5.74, 6) is -1.33. The summed E-state index contributed by atoms with van der Waals surface area (Å²) in [6.45, 7) is 1.59. The number of imidazole rings is 1. The maximum absolute atomic E-state index is 13.1. The molecule has 2 aliphatic heterocycles. The minimum atomic E-state index is -4.51. The van der Waals surface area contributed by atoms with Gasteiger partial charge in [-0.05, 0) is 55.5 Å². The van der Waals surface area contributed by atoms with Crippen molar-refractivity contribution in [3.05, 3.63) is 47.5 Å². The number of nitriles is 1. The molecule has 3 heterocycles. The van der Waals surface area contributed by atoms with E-state index >= 15 is 0 Å². The van der Waals surface area contributed by atoms with Gasteiger partial charge in [0.2, 0.25) is 5.91 Å². The number of aromatic nitrogens is 2. The maximum atomic E-state index is 13.1. The average molecular weight is 503 g/mol. The summed E-state index contributed by atoms with van der Waals surface area (Å²) in [7, 11) is 1.91. The number of hydrogen-bond acceptors (Lipinski definition) is 6. The molecule has 36 heavy (non-hydrogen) atoms. The molecule has 0 bridgehead atoms. The molecular formula is C25H29F3N6O2. The van der Waals surface area contributed by atoms with Gasteiger partial charge in [-0.1, -0.05) is 0 Å². The highest BCUT2D eigenvalue weighted by atomic mass is 19.4. The van der Waals surface area contributed by atoms with Crippen LogP contribution in [0.2, 0.25) is 0 Å². The van der Waals surface area contributed by atoms with Crippen LogP contribution in [0.3, 0.4) is 0 Å². The standard InChI is InChI=1S/C25H29F3N6O2/c1-33-15-30-12-20(33)14-34-13-19(9-18-6-17(11-29)2-3-23(18)34)32-24(36)22-8-16(4-5-31-22)7-21(35)10-25(26,27)28/h2-3,6,12,15-16,19,22,31H,4-5,7-10,13-14H2,1H3,(H,32,36). The van der Waals surface area contributed by atoms with Crippen LogP contribution < -0.4 is 15.5 Å². The number of benzene rings is 1. The molecule has 3 unspecified atom stereocenters. The van der Waals surface area contributed by atoms with E-state index in [0.717, 1.165) is 16.9 Å². The predicted molar refractivity (Wildman–Crippen MR) is 126 cm³/mol. The first-order valence-electron chi connectivity index (χ1n) is 12.0. The highest BCUT2D eigenvalue weighted by Gasteiger charge is 2.35. The maximum Gasteiger partial charge on any atom is 0.395 e. The molecule has 2 N–H and O–H groups in total. The van der Waals surface area contributed by atoms with Gasteiger partial charge < -0.3 is 20.1 Å². The smallest absolute Gasteiger partial charge is 0.363 e. The minimum absolute atomic E-state index is 0.169. The number of halogens is 3. The lowest BCUT2D eigenvalue weighted by Crippen LogP contribution is -2.55. The number of anilines is 1. The number of rotatable bonds is 7. The largest absolute Gasteiger partial charge is 0.395 e. The van der Waals surface area contributed by atoms with Crippen LogP contribution >= 0.6 is 0 Å². The Morgan fingerprint density at radius 2 is 2.14 bits per heavy atom. The van der Waals surface area contributed by atoms with Crippen molar-refractivity contribution in [1.82, 2.24) is 20.2 Å². The van der Waals surface area contributed by atoms with Gasteiger partial charge in [0.05, 0.1) is 42.3 Å². The summed E-state index contributed by atoms with van der Waals surface area (Å²) in [4.78, 5) is 31.2. The van der Waals surface area contributed by atoms with E-state index in [1.807, 2.05) is 23.7 Å². The third kappa shape index (κ3) is 6.43. The van der Waals surface area contributed by atoms with Crippen molar-refractivity contribution in [2.75, 3.05) is 18.0 Å². The van der Waals surface area contributed by atoms with Crippen LogP contribution in [0.4, 0.5) is 18.9 Å². The van der Waals surface area contributed by atoms with Crippen LogP contribution in [-0.4, -0.2) is 52.6 Å². The average Bonchev–Trinajstić information content (AvgIpc) is 3.21. The van der Waals surface area contributed by atoms with Crippen molar-refractivity contribution in [3.63, 3.8) is 0 Å². The first-order valence-corrected chi connectivity index (χ1v) is 12.0. The van der Waals surface area contributed by atoms with E-state index in [4.69, 9.17) is 0 Å². The normalized spacial score (nSPS) is 22.0. The van der Waals surface area contributed by atoms with Gasteiger partial charge in [-0.3, -0.25) is 9.59 Å². The number of piperidine rings is 1. The molecule has 192 valence electrons. The van der Waals surface area contributed by atoms with Gasteiger partial charge >= 0.3 is 6.18 Å². The number of ketones is 1. The van der Waals surface area contributed by atoms with Crippen LogP contribution in [-0.2, 0) is 29.6 Å². The fraction of sp³-hybridized carbons (Fsp3) is 0.520. The zero-order valence-corrected chi connectivity index (χ0v) is 20.0. The number of carbonyl (C=O) groups excluding carboxylic acids is 2. The van der Waals surface area contributed by atoms with Crippen molar-refractivity contribution < 1.29 is 22.8 Å². The molecule has 0 saturated carbocycles. The molecule has 1 fully saturated rings. The Kier molecular flexibility index (Phi) is 7.64. The van der Waals surface area contributed by atoms with Crippen molar-refractivity contribution in [1.29, 1.82) is 5.26 Å². The minimum Gasteiger partial charge on any atom is -0.363 e. The number of carbonyl (C=O) groups is 2. The van der Waals surface area contributed by atoms with E-state index < -0.39 is 24.4 Å². The first kappa shape index (κ1) is 25.7. The second kappa shape index (κ2) is 10.7. The Bertz CT molecular complexity index is 1160. The molecule has 11 heteroatoms. The summed E-state index contributed by atoms with van der Waals surface area (Å²) in [5.41, 5.74) is 3.50. The summed E-state index contributed by atoms with van der Waals surface area (Å²) in [6, 6.07) is 6.91. The number of nitrogens with zero attached hydrogens (tertiary/aromatic N) is 4. The molecule has 1 amide bonds. The highest BCUT2D eigenvalue weighted by Crippen LogP contribution is 2.30. The van der Waals surface area contributed by atoms with Gasteiger partial charge in [-0.25, -0.2) is 4.98 Å². The molecule has 3 atom stereocenters. The number of hydrogen-bond donors (Lipinski definition) is 2. The van der Waals surface area contributed by atoms with Crippen LogP contribution in [0.15, 0.2) is 30.7 Å². The number of nitrogens with one attached hydrogen (secondary N) is 2. The van der Waals surface area contributed by atoms with E-state index in [1.54, 1.807) is 18.6 Å². The van der Waals surface area contributed by atoms with Gasteiger partial charge in [0.25, 0.3) is 0 Å². The molecule has 1 saturated heterocycles. The molecule has 8 nitrogen and oxygen atoms in total. The Labute approximate surface area is 207 Å². The molecule has 2 aliphatic rings. The van der Waals surface area contributed by atoms with Gasteiger partial charge in [0.15, 0.2) is 0 Å². The third-order valence-corrected chi connectivity index (χ3v) is 6.81. The fourth-order valence-electron chi connectivity index (χ4n) is 5.10. The quantitative estimate of drug-likeness (QED) is 0.604. The number of amides is 1. The van der Waals surface area contributed by atoms with E-state index in [9.17, 15) is 28.0 Å². The number of aryl methyl sites for hydroxylation is 1. The van der Waals surface area contributed by atoms with E-state index in [2.05, 4.69) is 26.6 Å². The monoisotopic (exact) mass is 502 g/mol. The molecule has 1 aromatic heterocycles. The molecule has 2 aromatic rings. The predicted octanol–water partition coefficient (Wildman–Crippen LogP) is 2.62. The molecule has 4 rings (SSSR count). The van der Waals surface area contributed by atoms with E-state index in [0.29, 0.717) is 44.5 Å². The van der Waals surface area contributed by atoms with Crippen molar-refractivity contribution >= 4 is 17.4 Å². The zero-order chi connectivity index (χ0) is 25.9. The third-order valence-electron chi connectivity index (χ3n) is 6.81. The molecule has 0 radical (unpaired) electrons. The van der Waals surface area contributed by atoms with Crippen molar-refractivity contribution in [3.8, 4) is 6.07 Å². The Morgan fingerprint density at radius 1 is 1.33 bits per heavy atom. The summed E-state index contributed by atoms with van der Waals surface area (Å²) >= 11 is 0. The van der Waals surface area contributed by atoms with Crippen LogP contribution in [0.5, 0.6) is 0 Å².